The summed E-state index contributed by atoms with van der Waals surface area (Å²) in [6.45, 7) is 0.384. The molecule has 2 heterocycles. The molecule has 1 aliphatic rings. The van der Waals surface area contributed by atoms with Crippen LogP contribution in [0, 0.1) is 0 Å². The third-order valence-electron chi connectivity index (χ3n) is 2.38. The Morgan fingerprint density at radius 2 is 1.93 bits per heavy atom. The molecule has 0 spiro atoms. The third-order valence-corrected chi connectivity index (χ3v) is 2.38. The Kier molecular flexibility index (Phi) is 2.37. The molecule has 1 aromatic rings. The maximum absolute atomic E-state index is 11.2. The summed E-state index contributed by atoms with van der Waals surface area (Å²) in [5.41, 5.74) is 0. The van der Waals surface area contributed by atoms with E-state index < -0.39 is 0 Å². The lowest BCUT2D eigenvalue weighted by Crippen LogP contribution is -2.32. The Bertz CT molecular complexity index is 416. The smallest absolute Gasteiger partial charge is 0.253 e. The van der Waals surface area contributed by atoms with Crippen LogP contribution in [0.5, 0.6) is 0 Å². The van der Waals surface area contributed by atoms with Gasteiger partial charge in [0.2, 0.25) is 0 Å². The Balaban J connectivity index is 1.97. The molecular weight excluding hydrogens is 194 g/mol. The SMILES string of the molecule is Cn1ccnc1CCN1C(=O)C=CC1=O. The number of imide groups is 1. The normalized spacial score (nSPS) is 15.4. The van der Waals surface area contributed by atoms with Gasteiger partial charge in [0, 0.05) is 44.6 Å². The van der Waals surface area contributed by atoms with E-state index in [1.165, 1.54) is 17.1 Å². The van der Waals surface area contributed by atoms with E-state index >= 15 is 0 Å². The van der Waals surface area contributed by atoms with Crippen LogP contribution in [0.4, 0.5) is 0 Å². The zero-order valence-electron chi connectivity index (χ0n) is 8.38. The van der Waals surface area contributed by atoms with Crippen molar-refractivity contribution in [3.05, 3.63) is 30.4 Å². The Morgan fingerprint density at radius 1 is 1.27 bits per heavy atom. The molecule has 0 radical (unpaired) electrons. The summed E-state index contributed by atoms with van der Waals surface area (Å²) in [6, 6.07) is 0. The average Bonchev–Trinajstić information content (AvgIpc) is 2.73. The summed E-state index contributed by atoms with van der Waals surface area (Å²) in [7, 11) is 1.88. The van der Waals surface area contributed by atoms with Gasteiger partial charge < -0.3 is 4.57 Å². The number of rotatable bonds is 3. The van der Waals surface area contributed by atoms with Crippen LogP contribution in [-0.2, 0) is 23.1 Å². The number of aryl methyl sites for hydroxylation is 1. The van der Waals surface area contributed by atoms with Crippen molar-refractivity contribution in [3.8, 4) is 0 Å². The van der Waals surface area contributed by atoms with Gasteiger partial charge in [-0.05, 0) is 0 Å². The van der Waals surface area contributed by atoms with E-state index in [-0.39, 0.29) is 11.8 Å². The van der Waals surface area contributed by atoms with Gasteiger partial charge in [0.05, 0.1) is 0 Å². The van der Waals surface area contributed by atoms with Crippen LogP contribution in [0.1, 0.15) is 5.82 Å². The predicted molar refractivity (Wildman–Crippen MR) is 52.8 cm³/mol. The van der Waals surface area contributed by atoms with Gasteiger partial charge in [-0.15, -0.1) is 0 Å². The Labute approximate surface area is 87.0 Å². The molecule has 2 rings (SSSR count). The van der Waals surface area contributed by atoms with E-state index in [0.717, 1.165) is 5.82 Å². The first-order chi connectivity index (χ1) is 7.18. The van der Waals surface area contributed by atoms with Crippen molar-refractivity contribution in [2.45, 2.75) is 6.42 Å². The second kappa shape index (κ2) is 3.68. The Hall–Kier alpha value is -1.91. The molecule has 0 aromatic carbocycles. The molecule has 0 saturated carbocycles. The maximum atomic E-state index is 11.2. The molecular formula is C10H11N3O2. The number of amides is 2. The number of imidazole rings is 1. The topological polar surface area (TPSA) is 55.2 Å². The number of hydrogen-bond donors (Lipinski definition) is 0. The molecule has 2 amide bonds. The van der Waals surface area contributed by atoms with Gasteiger partial charge in [-0.1, -0.05) is 0 Å². The van der Waals surface area contributed by atoms with Gasteiger partial charge in [0.25, 0.3) is 11.8 Å². The average molecular weight is 205 g/mol. The summed E-state index contributed by atoms with van der Waals surface area (Å²) < 4.78 is 1.87. The van der Waals surface area contributed by atoms with Gasteiger partial charge >= 0.3 is 0 Å². The molecule has 1 aliphatic heterocycles. The highest BCUT2D eigenvalue weighted by Gasteiger charge is 2.22. The van der Waals surface area contributed by atoms with Crippen LogP contribution in [0.2, 0.25) is 0 Å². The van der Waals surface area contributed by atoms with Crippen molar-refractivity contribution < 1.29 is 9.59 Å². The second-order valence-corrected chi connectivity index (χ2v) is 3.37. The molecule has 1 aromatic heterocycles. The third kappa shape index (κ3) is 1.81. The quantitative estimate of drug-likeness (QED) is 0.647. The van der Waals surface area contributed by atoms with E-state index in [4.69, 9.17) is 0 Å². The highest BCUT2D eigenvalue weighted by atomic mass is 16.2. The molecule has 0 fully saturated rings. The van der Waals surface area contributed by atoms with Gasteiger partial charge in [0.15, 0.2) is 0 Å². The summed E-state index contributed by atoms with van der Waals surface area (Å²) in [4.78, 5) is 27.8. The van der Waals surface area contributed by atoms with Crippen LogP contribution in [0.15, 0.2) is 24.5 Å². The summed E-state index contributed by atoms with van der Waals surface area (Å²) >= 11 is 0. The minimum absolute atomic E-state index is 0.241. The van der Waals surface area contributed by atoms with Crippen molar-refractivity contribution in [2.24, 2.45) is 7.05 Å². The summed E-state index contributed by atoms with van der Waals surface area (Å²) in [5, 5.41) is 0. The van der Waals surface area contributed by atoms with Gasteiger partial charge in [-0.3, -0.25) is 14.5 Å². The van der Waals surface area contributed by atoms with Crippen molar-refractivity contribution in [3.63, 3.8) is 0 Å². The Morgan fingerprint density at radius 3 is 2.47 bits per heavy atom. The van der Waals surface area contributed by atoms with Crippen LogP contribution in [0.3, 0.4) is 0 Å². The van der Waals surface area contributed by atoms with Crippen LogP contribution < -0.4 is 0 Å². The number of nitrogens with zero attached hydrogens (tertiary/aromatic N) is 3. The van der Waals surface area contributed by atoms with Gasteiger partial charge in [0.1, 0.15) is 5.82 Å². The molecule has 0 bridgehead atoms. The molecule has 0 N–H and O–H groups in total. The zero-order chi connectivity index (χ0) is 10.8. The van der Waals surface area contributed by atoms with Gasteiger partial charge in [-0.2, -0.15) is 0 Å². The minimum Gasteiger partial charge on any atom is -0.338 e. The first-order valence-corrected chi connectivity index (χ1v) is 4.68. The largest absolute Gasteiger partial charge is 0.338 e. The number of aromatic nitrogens is 2. The molecule has 5 heteroatoms. The van der Waals surface area contributed by atoms with Crippen LogP contribution in [0.25, 0.3) is 0 Å². The van der Waals surface area contributed by atoms with Crippen molar-refractivity contribution >= 4 is 11.8 Å². The highest BCUT2D eigenvalue weighted by molar-refractivity contribution is 6.12. The number of carbonyl (C=O) groups is 2. The molecule has 0 aliphatic carbocycles. The fourth-order valence-electron chi connectivity index (χ4n) is 1.50. The van der Waals surface area contributed by atoms with Crippen LogP contribution in [-0.4, -0.2) is 32.8 Å². The van der Waals surface area contributed by atoms with Crippen molar-refractivity contribution in [1.29, 1.82) is 0 Å². The fourth-order valence-corrected chi connectivity index (χ4v) is 1.50. The molecule has 0 atom stereocenters. The lowest BCUT2D eigenvalue weighted by Gasteiger charge is -2.12. The van der Waals surface area contributed by atoms with E-state index in [1.54, 1.807) is 6.20 Å². The van der Waals surface area contributed by atoms with Crippen molar-refractivity contribution in [2.75, 3.05) is 6.54 Å². The highest BCUT2D eigenvalue weighted by Crippen LogP contribution is 2.05. The monoisotopic (exact) mass is 205 g/mol. The molecule has 0 saturated heterocycles. The molecule has 0 unspecified atom stereocenters. The number of hydrogen-bond acceptors (Lipinski definition) is 3. The second-order valence-electron chi connectivity index (χ2n) is 3.37. The van der Waals surface area contributed by atoms with Crippen molar-refractivity contribution in [1.82, 2.24) is 14.5 Å². The summed E-state index contributed by atoms with van der Waals surface area (Å²) in [5.74, 6) is 0.380. The van der Waals surface area contributed by atoms with E-state index in [9.17, 15) is 9.59 Å². The maximum Gasteiger partial charge on any atom is 0.253 e. The summed E-state index contributed by atoms with van der Waals surface area (Å²) in [6.07, 6.45) is 6.70. The standard InChI is InChI=1S/C10H11N3O2/c1-12-7-5-11-8(12)4-6-13-9(14)2-3-10(13)15/h2-3,5,7H,4,6H2,1H3. The minimum atomic E-state index is -0.241. The fraction of sp³-hybridized carbons (Fsp3) is 0.300. The molecule has 15 heavy (non-hydrogen) atoms. The van der Waals surface area contributed by atoms with Crippen LogP contribution >= 0.6 is 0 Å². The number of carbonyl (C=O) groups excluding carboxylic acids is 2. The lowest BCUT2D eigenvalue weighted by molar-refractivity contribution is -0.136. The zero-order valence-corrected chi connectivity index (χ0v) is 8.38. The molecule has 5 nitrogen and oxygen atoms in total. The first-order valence-electron chi connectivity index (χ1n) is 4.68. The predicted octanol–water partition coefficient (Wildman–Crippen LogP) is -0.112. The molecule has 78 valence electrons. The first kappa shape index (κ1) is 9.64. The van der Waals surface area contributed by atoms with E-state index in [0.29, 0.717) is 13.0 Å². The lowest BCUT2D eigenvalue weighted by atomic mass is 10.3. The van der Waals surface area contributed by atoms with Gasteiger partial charge in [-0.25, -0.2) is 4.98 Å². The van der Waals surface area contributed by atoms with E-state index in [2.05, 4.69) is 4.98 Å². The van der Waals surface area contributed by atoms with E-state index in [1.807, 2.05) is 17.8 Å².